The van der Waals surface area contributed by atoms with Crippen LogP contribution in [0.25, 0.3) is 0 Å². The fourth-order valence-corrected chi connectivity index (χ4v) is 2.12. The number of methoxy groups -OCH3 is 1. The first-order valence-corrected chi connectivity index (χ1v) is 5.06. The summed E-state index contributed by atoms with van der Waals surface area (Å²) in [7, 11) is 1.52. The molecule has 15 heavy (non-hydrogen) atoms. The van der Waals surface area contributed by atoms with E-state index in [9.17, 15) is 10.2 Å². The Morgan fingerprint density at radius 1 is 1.47 bits per heavy atom. The van der Waals surface area contributed by atoms with Gasteiger partial charge in [0.1, 0.15) is 18.7 Å². The van der Waals surface area contributed by atoms with Crippen LogP contribution in [0.3, 0.4) is 0 Å². The van der Waals surface area contributed by atoms with E-state index in [-0.39, 0.29) is 11.8 Å². The lowest BCUT2D eigenvalue weighted by molar-refractivity contribution is -0.703. The highest BCUT2D eigenvalue weighted by molar-refractivity contribution is 5.51. The number of aliphatic hydroxyl groups is 1. The van der Waals surface area contributed by atoms with E-state index in [4.69, 9.17) is 4.74 Å². The molecule has 0 radical (unpaired) electrons. The minimum atomic E-state index is -0.506. The Hall–Kier alpha value is -1.26. The maximum Gasteiger partial charge on any atom is 0.167 e. The number of phenols is 1. The second-order valence-electron chi connectivity index (χ2n) is 3.90. The molecule has 0 aromatic heterocycles. The topological polar surface area (TPSA) is 66.3 Å². The van der Waals surface area contributed by atoms with Gasteiger partial charge in [0, 0.05) is 0 Å². The molecule has 82 valence electrons. The summed E-state index contributed by atoms with van der Waals surface area (Å²) < 4.78 is 5.05. The third kappa shape index (κ3) is 1.56. The van der Waals surface area contributed by atoms with Gasteiger partial charge in [0.15, 0.2) is 11.5 Å². The molecule has 4 heteroatoms. The summed E-state index contributed by atoms with van der Waals surface area (Å²) in [5, 5.41) is 21.8. The van der Waals surface area contributed by atoms with Gasteiger partial charge >= 0.3 is 0 Å². The van der Waals surface area contributed by atoms with Gasteiger partial charge < -0.3 is 20.3 Å². The lowest BCUT2D eigenvalue weighted by atomic mass is 9.92. The Labute approximate surface area is 88.5 Å². The first-order chi connectivity index (χ1) is 7.15. The maximum absolute atomic E-state index is 9.97. The molecule has 0 fully saturated rings. The summed E-state index contributed by atoms with van der Waals surface area (Å²) in [5.74, 6) is 0.612. The number of hydrogen-bond acceptors (Lipinski definition) is 3. The molecule has 0 spiro atoms. The number of ether oxygens (including phenoxy) is 1. The molecule has 1 heterocycles. The Bertz CT molecular complexity index is 378. The number of aliphatic hydroxyl groups excluding tert-OH is 1. The molecule has 2 rings (SSSR count). The minimum Gasteiger partial charge on any atom is -0.504 e. The van der Waals surface area contributed by atoms with Gasteiger partial charge in [-0.3, -0.25) is 0 Å². The molecule has 0 saturated carbocycles. The molecule has 0 aliphatic carbocycles. The van der Waals surface area contributed by atoms with E-state index in [2.05, 4.69) is 0 Å². The first-order valence-electron chi connectivity index (χ1n) is 5.06. The van der Waals surface area contributed by atoms with Crippen LogP contribution in [0.5, 0.6) is 11.5 Å². The molecule has 1 aromatic rings. The second-order valence-corrected chi connectivity index (χ2v) is 3.90. The van der Waals surface area contributed by atoms with Gasteiger partial charge in [-0.15, -0.1) is 0 Å². The van der Waals surface area contributed by atoms with E-state index in [0.717, 1.165) is 11.1 Å². The molecule has 1 aliphatic rings. The van der Waals surface area contributed by atoms with Crippen LogP contribution in [0.2, 0.25) is 0 Å². The van der Waals surface area contributed by atoms with Gasteiger partial charge in [-0.25, -0.2) is 0 Å². The fourth-order valence-electron chi connectivity index (χ4n) is 2.12. The highest BCUT2D eigenvalue weighted by Gasteiger charge is 2.30. The van der Waals surface area contributed by atoms with Crippen LogP contribution in [0.4, 0.5) is 0 Å². The zero-order chi connectivity index (χ0) is 11.0. The van der Waals surface area contributed by atoms with E-state index < -0.39 is 6.10 Å². The van der Waals surface area contributed by atoms with Crippen molar-refractivity contribution in [2.75, 3.05) is 13.7 Å². The number of benzene rings is 1. The van der Waals surface area contributed by atoms with Crippen molar-refractivity contribution in [2.45, 2.75) is 19.1 Å². The Balaban J connectivity index is 2.58. The van der Waals surface area contributed by atoms with E-state index >= 15 is 0 Å². The van der Waals surface area contributed by atoms with E-state index in [1.165, 1.54) is 7.11 Å². The molecule has 1 aromatic carbocycles. The van der Waals surface area contributed by atoms with Crippen LogP contribution in [-0.2, 0) is 0 Å². The molecule has 4 N–H and O–H groups in total. The van der Waals surface area contributed by atoms with Crippen LogP contribution < -0.4 is 10.1 Å². The quantitative estimate of drug-likeness (QED) is 0.614. The average molecular weight is 210 g/mol. The van der Waals surface area contributed by atoms with Crippen LogP contribution >= 0.6 is 0 Å². The molecule has 2 atom stereocenters. The lowest BCUT2D eigenvalue weighted by Crippen LogP contribution is -2.87. The highest BCUT2D eigenvalue weighted by Crippen LogP contribution is 2.38. The molecular weight excluding hydrogens is 194 g/mol. The zero-order valence-electron chi connectivity index (χ0n) is 8.90. The zero-order valence-corrected chi connectivity index (χ0v) is 8.90. The summed E-state index contributed by atoms with van der Waals surface area (Å²) in [5.41, 5.74) is 1.59. The number of phenolic OH excluding ortho intramolecular Hbond substituents is 1. The van der Waals surface area contributed by atoms with Gasteiger partial charge in [0.25, 0.3) is 0 Å². The largest absolute Gasteiger partial charge is 0.504 e. The lowest BCUT2D eigenvalue weighted by Gasteiger charge is -2.26. The second kappa shape index (κ2) is 3.72. The van der Waals surface area contributed by atoms with Crippen LogP contribution in [0.15, 0.2) is 12.1 Å². The monoisotopic (exact) mass is 210 g/mol. The average Bonchev–Trinajstić information content (AvgIpc) is 2.23. The standard InChI is InChI=1S/C11H15NO3/c1-6-10-7(8(13)5-12-6)3-4-9(15-2)11(10)14/h3-4,6,8,12-14H,5H2,1-2H3/p+1/t6-,8+/m1/s1. The smallest absolute Gasteiger partial charge is 0.167 e. The predicted octanol–water partition coefficient (Wildman–Crippen LogP) is 0.0722. The summed E-state index contributed by atoms with van der Waals surface area (Å²) >= 11 is 0. The first kappa shape index (κ1) is 10.3. The number of aromatic hydroxyl groups is 1. The van der Waals surface area contributed by atoms with Gasteiger partial charge in [0.2, 0.25) is 0 Å². The van der Waals surface area contributed by atoms with E-state index in [0.29, 0.717) is 12.3 Å². The Morgan fingerprint density at radius 2 is 2.20 bits per heavy atom. The molecule has 0 saturated heterocycles. The van der Waals surface area contributed by atoms with E-state index in [1.54, 1.807) is 6.07 Å². The number of nitrogens with two attached hydrogens (primary N) is 1. The number of hydrogen-bond donors (Lipinski definition) is 3. The SMILES string of the molecule is COc1ccc2c(c1O)[C@@H](C)[NH2+]C[C@@H]2O. The maximum atomic E-state index is 9.97. The van der Waals surface area contributed by atoms with Crippen molar-refractivity contribution in [1.82, 2.24) is 0 Å². The van der Waals surface area contributed by atoms with Crippen LogP contribution in [-0.4, -0.2) is 23.9 Å². The predicted molar refractivity (Wildman–Crippen MR) is 54.8 cm³/mol. The van der Waals surface area contributed by atoms with Crippen LogP contribution in [0, 0.1) is 0 Å². The van der Waals surface area contributed by atoms with Crippen molar-refractivity contribution >= 4 is 0 Å². The molecule has 4 nitrogen and oxygen atoms in total. The number of quaternary nitrogens is 1. The molecule has 0 bridgehead atoms. The van der Waals surface area contributed by atoms with Crippen LogP contribution in [0.1, 0.15) is 30.2 Å². The van der Waals surface area contributed by atoms with E-state index in [1.807, 2.05) is 18.3 Å². The third-order valence-corrected chi connectivity index (χ3v) is 2.96. The molecule has 0 amide bonds. The van der Waals surface area contributed by atoms with Gasteiger partial charge in [-0.1, -0.05) is 6.07 Å². The normalized spacial score (nSPS) is 24.7. The van der Waals surface area contributed by atoms with Crippen molar-refractivity contribution in [1.29, 1.82) is 0 Å². The molecule has 1 aliphatic heterocycles. The minimum absolute atomic E-state index is 0.150. The van der Waals surface area contributed by atoms with Gasteiger partial charge in [0.05, 0.1) is 12.7 Å². The van der Waals surface area contributed by atoms with Crippen molar-refractivity contribution in [3.63, 3.8) is 0 Å². The van der Waals surface area contributed by atoms with Crippen molar-refractivity contribution in [3.8, 4) is 11.5 Å². The summed E-state index contributed by atoms with van der Waals surface area (Å²) in [6, 6.07) is 3.66. The number of fused-ring (bicyclic) bond motifs is 1. The number of rotatable bonds is 1. The van der Waals surface area contributed by atoms with Gasteiger partial charge in [-0.2, -0.15) is 0 Å². The summed E-state index contributed by atoms with van der Waals surface area (Å²) in [4.78, 5) is 0. The summed E-state index contributed by atoms with van der Waals surface area (Å²) in [6.45, 7) is 2.64. The van der Waals surface area contributed by atoms with Crippen molar-refractivity contribution in [2.24, 2.45) is 0 Å². The van der Waals surface area contributed by atoms with Crippen molar-refractivity contribution < 1.29 is 20.3 Å². The van der Waals surface area contributed by atoms with Crippen molar-refractivity contribution in [3.05, 3.63) is 23.3 Å². The Morgan fingerprint density at radius 3 is 2.87 bits per heavy atom. The molecule has 0 unspecified atom stereocenters. The fraction of sp³-hybridized carbons (Fsp3) is 0.455. The molecular formula is C11H16NO3+. The Kier molecular flexibility index (Phi) is 2.54. The highest BCUT2D eigenvalue weighted by atomic mass is 16.5. The third-order valence-electron chi connectivity index (χ3n) is 2.96. The van der Waals surface area contributed by atoms with Gasteiger partial charge in [-0.05, 0) is 18.6 Å². The summed E-state index contributed by atoms with van der Waals surface area (Å²) in [6.07, 6.45) is -0.506.